The first-order chi connectivity index (χ1) is 9.41. The summed E-state index contributed by atoms with van der Waals surface area (Å²) in [6.07, 6.45) is 0. The van der Waals surface area contributed by atoms with Crippen molar-refractivity contribution in [2.24, 2.45) is 11.5 Å². The number of carbonyl (C=O) groups is 2. The predicted molar refractivity (Wildman–Crippen MR) is 70.1 cm³/mol. The lowest BCUT2D eigenvalue weighted by Crippen LogP contribution is -2.21. The van der Waals surface area contributed by atoms with Crippen molar-refractivity contribution in [2.75, 3.05) is 25.1 Å². The van der Waals surface area contributed by atoms with E-state index in [2.05, 4.69) is 5.32 Å². The van der Waals surface area contributed by atoms with Crippen LogP contribution >= 0.6 is 0 Å². The Hall–Kier alpha value is -2.68. The molecule has 0 atom stereocenters. The van der Waals surface area contributed by atoms with Crippen LogP contribution in [0.3, 0.4) is 0 Å². The molecule has 9 nitrogen and oxygen atoms in total. The highest BCUT2D eigenvalue weighted by atomic mass is 16.6. The summed E-state index contributed by atoms with van der Waals surface area (Å²) in [5.41, 5.74) is 10.1. The van der Waals surface area contributed by atoms with Gasteiger partial charge in [-0.1, -0.05) is 0 Å². The summed E-state index contributed by atoms with van der Waals surface area (Å²) in [5, 5.41) is 13.6. The second-order valence-electron chi connectivity index (χ2n) is 3.80. The number of nitrogens with zero attached hydrogens (tertiary/aromatic N) is 1. The largest absolute Gasteiger partial charge is 0.377 e. The van der Waals surface area contributed by atoms with Crippen LogP contribution in [0.1, 0.15) is 10.4 Å². The molecule has 1 aromatic rings. The minimum absolute atomic E-state index is 0.126. The molecule has 0 fully saturated rings. The quantitative estimate of drug-likeness (QED) is 0.335. The van der Waals surface area contributed by atoms with Gasteiger partial charge in [-0.3, -0.25) is 19.7 Å². The van der Waals surface area contributed by atoms with Crippen LogP contribution < -0.4 is 16.8 Å². The Labute approximate surface area is 114 Å². The zero-order valence-corrected chi connectivity index (χ0v) is 10.5. The number of benzene rings is 1. The number of nitro benzene ring substituents is 1. The van der Waals surface area contributed by atoms with Gasteiger partial charge in [-0.05, 0) is 12.1 Å². The molecular weight excluding hydrogens is 268 g/mol. The van der Waals surface area contributed by atoms with Crippen molar-refractivity contribution in [1.29, 1.82) is 0 Å². The summed E-state index contributed by atoms with van der Waals surface area (Å²) >= 11 is 0. The third-order valence-corrected chi connectivity index (χ3v) is 2.28. The van der Waals surface area contributed by atoms with Crippen LogP contribution in [0.4, 0.5) is 11.4 Å². The molecule has 0 spiro atoms. The molecule has 0 radical (unpaired) electrons. The van der Waals surface area contributed by atoms with Crippen molar-refractivity contribution in [3.05, 3.63) is 33.9 Å². The number of nitrogens with two attached hydrogens (primary N) is 2. The van der Waals surface area contributed by atoms with E-state index >= 15 is 0 Å². The van der Waals surface area contributed by atoms with Gasteiger partial charge in [0.2, 0.25) is 11.8 Å². The lowest BCUT2D eigenvalue weighted by Gasteiger charge is -2.08. The van der Waals surface area contributed by atoms with Crippen LogP contribution in [-0.4, -0.2) is 36.5 Å². The third-order valence-electron chi connectivity index (χ3n) is 2.28. The summed E-state index contributed by atoms with van der Waals surface area (Å²) in [6, 6.07) is 3.75. The smallest absolute Gasteiger partial charge is 0.292 e. The van der Waals surface area contributed by atoms with E-state index < -0.39 is 16.7 Å². The number of nitro groups is 1. The Morgan fingerprint density at radius 2 is 2.05 bits per heavy atom. The van der Waals surface area contributed by atoms with Gasteiger partial charge in [-0.15, -0.1) is 0 Å². The zero-order valence-electron chi connectivity index (χ0n) is 10.5. The average Bonchev–Trinajstić information content (AvgIpc) is 2.37. The van der Waals surface area contributed by atoms with E-state index in [0.717, 1.165) is 0 Å². The maximum absolute atomic E-state index is 11.0. The SMILES string of the molecule is NC(=O)COCCNc1cc(C(N)=O)ccc1[N+](=O)[O-]. The standard InChI is InChI=1S/C11H14N4O5/c12-10(16)6-20-4-3-14-8-5-7(11(13)17)1-2-9(8)15(18)19/h1-2,5,14H,3-4,6H2,(H2,12,16)(H2,13,17). The minimum atomic E-state index is -0.687. The molecule has 108 valence electrons. The zero-order chi connectivity index (χ0) is 15.1. The Kier molecular flexibility index (Phi) is 5.42. The van der Waals surface area contributed by atoms with E-state index in [1.165, 1.54) is 18.2 Å². The topological polar surface area (TPSA) is 151 Å². The number of nitrogens with one attached hydrogen (secondary N) is 1. The van der Waals surface area contributed by atoms with Gasteiger partial charge >= 0.3 is 0 Å². The molecular formula is C11H14N4O5. The molecule has 5 N–H and O–H groups in total. The fraction of sp³-hybridized carbons (Fsp3) is 0.273. The van der Waals surface area contributed by atoms with Gasteiger partial charge < -0.3 is 21.5 Å². The van der Waals surface area contributed by atoms with Crippen molar-refractivity contribution in [3.8, 4) is 0 Å². The molecule has 0 unspecified atom stereocenters. The van der Waals surface area contributed by atoms with Gasteiger partial charge in [0.25, 0.3) is 5.69 Å². The van der Waals surface area contributed by atoms with Gasteiger partial charge in [-0.2, -0.15) is 0 Å². The highest BCUT2D eigenvalue weighted by Crippen LogP contribution is 2.25. The van der Waals surface area contributed by atoms with Gasteiger partial charge in [0, 0.05) is 18.2 Å². The second-order valence-corrected chi connectivity index (χ2v) is 3.80. The van der Waals surface area contributed by atoms with E-state index in [1.54, 1.807) is 0 Å². The van der Waals surface area contributed by atoms with Crippen LogP contribution in [0.25, 0.3) is 0 Å². The Morgan fingerprint density at radius 1 is 1.35 bits per heavy atom. The molecule has 0 aliphatic carbocycles. The lowest BCUT2D eigenvalue weighted by molar-refractivity contribution is -0.384. The molecule has 9 heteroatoms. The van der Waals surface area contributed by atoms with Gasteiger partial charge in [0.1, 0.15) is 12.3 Å². The summed E-state index contributed by atoms with van der Waals surface area (Å²) < 4.78 is 4.90. The Morgan fingerprint density at radius 3 is 2.60 bits per heavy atom. The van der Waals surface area contributed by atoms with Crippen molar-refractivity contribution >= 4 is 23.2 Å². The van der Waals surface area contributed by atoms with Crippen LogP contribution in [0, 0.1) is 10.1 Å². The van der Waals surface area contributed by atoms with Crippen LogP contribution in [0.15, 0.2) is 18.2 Å². The summed E-state index contributed by atoms with van der Waals surface area (Å²) in [7, 11) is 0. The van der Waals surface area contributed by atoms with E-state index in [0.29, 0.717) is 0 Å². The van der Waals surface area contributed by atoms with Crippen LogP contribution in [0.5, 0.6) is 0 Å². The number of primary amides is 2. The fourth-order valence-electron chi connectivity index (χ4n) is 1.42. The minimum Gasteiger partial charge on any atom is -0.377 e. The molecule has 0 saturated heterocycles. The highest BCUT2D eigenvalue weighted by molar-refractivity contribution is 5.94. The van der Waals surface area contributed by atoms with Crippen molar-refractivity contribution < 1.29 is 19.2 Å². The van der Waals surface area contributed by atoms with Crippen molar-refractivity contribution in [2.45, 2.75) is 0 Å². The first kappa shape index (κ1) is 15.4. The Bertz CT molecular complexity index is 532. The molecule has 0 aliphatic rings. The number of rotatable bonds is 8. The predicted octanol–water partition coefficient (Wildman–Crippen LogP) is -0.393. The first-order valence-corrected chi connectivity index (χ1v) is 5.60. The molecule has 1 aromatic carbocycles. The molecule has 0 bridgehead atoms. The molecule has 1 rings (SSSR count). The molecule has 20 heavy (non-hydrogen) atoms. The van der Waals surface area contributed by atoms with Crippen molar-refractivity contribution in [1.82, 2.24) is 0 Å². The summed E-state index contributed by atoms with van der Waals surface area (Å²) in [5.74, 6) is -1.29. The summed E-state index contributed by atoms with van der Waals surface area (Å²) in [6.45, 7) is 0.0995. The fourth-order valence-corrected chi connectivity index (χ4v) is 1.42. The van der Waals surface area contributed by atoms with Gasteiger partial charge in [-0.25, -0.2) is 0 Å². The average molecular weight is 282 g/mol. The lowest BCUT2D eigenvalue weighted by atomic mass is 10.1. The third kappa shape index (κ3) is 4.53. The summed E-state index contributed by atoms with van der Waals surface area (Å²) in [4.78, 5) is 31.7. The number of anilines is 1. The van der Waals surface area contributed by atoms with E-state index in [4.69, 9.17) is 16.2 Å². The molecule has 0 aliphatic heterocycles. The van der Waals surface area contributed by atoms with Gasteiger partial charge in [0.05, 0.1) is 11.5 Å². The van der Waals surface area contributed by atoms with Gasteiger partial charge in [0.15, 0.2) is 0 Å². The van der Waals surface area contributed by atoms with E-state index in [1.807, 2.05) is 0 Å². The van der Waals surface area contributed by atoms with Crippen LogP contribution in [0.2, 0.25) is 0 Å². The van der Waals surface area contributed by atoms with E-state index in [-0.39, 0.29) is 36.7 Å². The van der Waals surface area contributed by atoms with E-state index in [9.17, 15) is 19.7 Å². The number of hydrogen-bond donors (Lipinski definition) is 3. The second kappa shape index (κ2) is 7.04. The molecule has 0 aromatic heterocycles. The maximum Gasteiger partial charge on any atom is 0.292 e. The molecule has 0 heterocycles. The maximum atomic E-state index is 11.0. The molecule has 0 saturated carbocycles. The normalized spacial score (nSPS) is 10.0. The Balaban J connectivity index is 2.70. The number of ether oxygens (including phenoxy) is 1. The number of hydrogen-bond acceptors (Lipinski definition) is 6. The monoisotopic (exact) mass is 282 g/mol. The first-order valence-electron chi connectivity index (χ1n) is 5.60. The highest BCUT2D eigenvalue weighted by Gasteiger charge is 2.15. The number of amides is 2. The van der Waals surface area contributed by atoms with Crippen LogP contribution in [-0.2, 0) is 9.53 Å². The number of carbonyl (C=O) groups excluding carboxylic acids is 2. The molecule has 2 amide bonds. The van der Waals surface area contributed by atoms with Crippen molar-refractivity contribution in [3.63, 3.8) is 0 Å².